The number of hydrogen-bond donors (Lipinski definition) is 1. The summed E-state index contributed by atoms with van der Waals surface area (Å²) in [6, 6.07) is 12.0. The Morgan fingerprint density at radius 1 is 1.18 bits per heavy atom. The van der Waals surface area contributed by atoms with Crippen LogP contribution in [0.15, 0.2) is 48.8 Å². The second kappa shape index (κ2) is 3.99. The van der Waals surface area contributed by atoms with E-state index in [1.54, 1.807) is 10.7 Å². The summed E-state index contributed by atoms with van der Waals surface area (Å²) < 4.78 is 1.77. The maximum atomic E-state index is 5.58. The van der Waals surface area contributed by atoms with Crippen LogP contribution in [0, 0.1) is 0 Å². The van der Waals surface area contributed by atoms with Crippen LogP contribution in [0.1, 0.15) is 5.56 Å². The molecular formula is C13H12N4. The topological polar surface area (TPSA) is 56.2 Å². The highest BCUT2D eigenvalue weighted by atomic mass is 15.2. The first-order valence-electron chi connectivity index (χ1n) is 5.46. The molecule has 4 heteroatoms. The highest BCUT2D eigenvalue weighted by Gasteiger charge is 2.04. The van der Waals surface area contributed by atoms with Crippen molar-refractivity contribution < 1.29 is 0 Å². The van der Waals surface area contributed by atoms with E-state index in [2.05, 4.69) is 10.1 Å². The second-order valence-corrected chi connectivity index (χ2v) is 3.86. The van der Waals surface area contributed by atoms with Crippen LogP contribution in [-0.2, 0) is 6.54 Å². The molecule has 3 rings (SSSR count). The van der Waals surface area contributed by atoms with Gasteiger partial charge in [-0.25, -0.2) is 9.50 Å². The Balaban J connectivity index is 2.14. The molecule has 0 unspecified atom stereocenters. The molecule has 0 fully saturated rings. The zero-order valence-electron chi connectivity index (χ0n) is 9.24. The van der Waals surface area contributed by atoms with Gasteiger partial charge in [0.25, 0.3) is 0 Å². The van der Waals surface area contributed by atoms with E-state index >= 15 is 0 Å². The van der Waals surface area contributed by atoms with Gasteiger partial charge >= 0.3 is 0 Å². The van der Waals surface area contributed by atoms with Crippen LogP contribution in [0.5, 0.6) is 0 Å². The summed E-state index contributed by atoms with van der Waals surface area (Å²) in [5.41, 5.74) is 9.40. The van der Waals surface area contributed by atoms with E-state index in [0.29, 0.717) is 6.54 Å². The Kier molecular flexibility index (Phi) is 2.34. The molecule has 3 aromatic rings. The fraction of sp³-hybridized carbons (Fsp3) is 0.0769. The smallest absolute Gasteiger partial charge is 0.155 e. The number of aromatic nitrogens is 3. The van der Waals surface area contributed by atoms with Gasteiger partial charge in [-0.2, -0.15) is 5.10 Å². The first-order valence-corrected chi connectivity index (χ1v) is 5.46. The van der Waals surface area contributed by atoms with Gasteiger partial charge in [0.05, 0.1) is 5.69 Å². The number of benzene rings is 1. The molecule has 0 saturated heterocycles. The summed E-state index contributed by atoms with van der Waals surface area (Å²) in [7, 11) is 0. The summed E-state index contributed by atoms with van der Waals surface area (Å²) in [4.78, 5) is 4.32. The summed E-state index contributed by atoms with van der Waals surface area (Å²) in [5, 5.41) is 4.49. The Morgan fingerprint density at radius 2 is 2.00 bits per heavy atom. The van der Waals surface area contributed by atoms with Gasteiger partial charge in [0.2, 0.25) is 0 Å². The van der Waals surface area contributed by atoms with Crippen molar-refractivity contribution >= 4 is 5.65 Å². The summed E-state index contributed by atoms with van der Waals surface area (Å²) in [6.45, 7) is 0.476. The molecule has 0 aliphatic heterocycles. The molecule has 0 radical (unpaired) electrons. The monoisotopic (exact) mass is 224 g/mol. The van der Waals surface area contributed by atoms with Gasteiger partial charge < -0.3 is 5.73 Å². The molecule has 1 aromatic carbocycles. The maximum Gasteiger partial charge on any atom is 0.155 e. The molecule has 17 heavy (non-hydrogen) atoms. The van der Waals surface area contributed by atoms with Gasteiger partial charge in [0.15, 0.2) is 5.65 Å². The third-order valence-electron chi connectivity index (χ3n) is 2.67. The van der Waals surface area contributed by atoms with Crippen molar-refractivity contribution in [3.05, 3.63) is 54.4 Å². The SMILES string of the molecule is NCc1cnc2cc(-c3ccccc3)nn2c1. The van der Waals surface area contributed by atoms with Crippen LogP contribution in [-0.4, -0.2) is 14.6 Å². The van der Waals surface area contributed by atoms with Crippen LogP contribution in [0.25, 0.3) is 16.9 Å². The Labute approximate surface area is 98.7 Å². The molecule has 4 nitrogen and oxygen atoms in total. The number of nitrogens with two attached hydrogens (primary N) is 1. The van der Waals surface area contributed by atoms with Crippen molar-refractivity contribution in [2.45, 2.75) is 6.54 Å². The first-order chi connectivity index (χ1) is 8.36. The molecule has 0 bridgehead atoms. The van der Waals surface area contributed by atoms with Gasteiger partial charge in [-0.3, -0.25) is 0 Å². The highest BCUT2D eigenvalue weighted by Crippen LogP contribution is 2.18. The zero-order chi connectivity index (χ0) is 11.7. The Hall–Kier alpha value is -2.20. The average molecular weight is 224 g/mol. The lowest BCUT2D eigenvalue weighted by Gasteiger charge is -1.96. The number of rotatable bonds is 2. The zero-order valence-corrected chi connectivity index (χ0v) is 9.24. The minimum atomic E-state index is 0.476. The van der Waals surface area contributed by atoms with E-state index in [9.17, 15) is 0 Å². The third kappa shape index (κ3) is 1.79. The van der Waals surface area contributed by atoms with E-state index in [0.717, 1.165) is 22.5 Å². The molecule has 0 aliphatic carbocycles. The Bertz CT molecular complexity index is 643. The summed E-state index contributed by atoms with van der Waals surface area (Å²) in [6.07, 6.45) is 3.70. The van der Waals surface area contributed by atoms with Crippen LogP contribution in [0.2, 0.25) is 0 Å². The van der Waals surface area contributed by atoms with E-state index in [1.807, 2.05) is 42.6 Å². The molecule has 0 saturated carbocycles. The average Bonchev–Trinajstić information content (AvgIpc) is 2.82. The summed E-state index contributed by atoms with van der Waals surface area (Å²) >= 11 is 0. The molecule has 2 heterocycles. The number of nitrogens with zero attached hydrogens (tertiary/aromatic N) is 3. The van der Waals surface area contributed by atoms with Crippen molar-refractivity contribution in [2.24, 2.45) is 5.73 Å². The summed E-state index contributed by atoms with van der Waals surface area (Å²) in [5.74, 6) is 0. The quantitative estimate of drug-likeness (QED) is 0.722. The number of fused-ring (bicyclic) bond motifs is 1. The van der Waals surface area contributed by atoms with E-state index in [1.165, 1.54) is 0 Å². The normalized spacial score (nSPS) is 10.9. The lowest BCUT2D eigenvalue weighted by atomic mass is 10.2. The predicted molar refractivity (Wildman–Crippen MR) is 66.3 cm³/mol. The van der Waals surface area contributed by atoms with Gasteiger partial charge in [-0.15, -0.1) is 0 Å². The molecular weight excluding hydrogens is 212 g/mol. The molecule has 2 aromatic heterocycles. The van der Waals surface area contributed by atoms with Crippen LogP contribution in [0.3, 0.4) is 0 Å². The Morgan fingerprint density at radius 3 is 2.76 bits per heavy atom. The standard InChI is InChI=1S/C13H12N4/c14-7-10-8-15-13-6-12(16-17(13)9-10)11-4-2-1-3-5-11/h1-6,8-9H,7,14H2. The lowest BCUT2D eigenvalue weighted by molar-refractivity contribution is 0.905. The van der Waals surface area contributed by atoms with Crippen LogP contribution >= 0.6 is 0 Å². The minimum Gasteiger partial charge on any atom is -0.326 e. The van der Waals surface area contributed by atoms with Gasteiger partial charge in [0, 0.05) is 36.1 Å². The molecule has 0 aliphatic rings. The fourth-order valence-corrected chi connectivity index (χ4v) is 1.77. The number of hydrogen-bond acceptors (Lipinski definition) is 3. The minimum absolute atomic E-state index is 0.476. The van der Waals surface area contributed by atoms with Crippen molar-refractivity contribution in [3.8, 4) is 11.3 Å². The third-order valence-corrected chi connectivity index (χ3v) is 2.67. The second-order valence-electron chi connectivity index (χ2n) is 3.86. The molecule has 84 valence electrons. The molecule has 0 atom stereocenters. The molecule has 2 N–H and O–H groups in total. The molecule has 0 amide bonds. The first kappa shape index (κ1) is 9.99. The van der Waals surface area contributed by atoms with E-state index < -0.39 is 0 Å². The van der Waals surface area contributed by atoms with Crippen molar-refractivity contribution in [1.29, 1.82) is 0 Å². The van der Waals surface area contributed by atoms with Gasteiger partial charge in [0.1, 0.15) is 0 Å². The van der Waals surface area contributed by atoms with E-state index in [-0.39, 0.29) is 0 Å². The van der Waals surface area contributed by atoms with Crippen molar-refractivity contribution in [1.82, 2.24) is 14.6 Å². The largest absolute Gasteiger partial charge is 0.326 e. The predicted octanol–water partition coefficient (Wildman–Crippen LogP) is 1.85. The van der Waals surface area contributed by atoms with Crippen LogP contribution in [0.4, 0.5) is 0 Å². The highest BCUT2D eigenvalue weighted by molar-refractivity contribution is 5.63. The van der Waals surface area contributed by atoms with Crippen LogP contribution < -0.4 is 5.73 Å². The van der Waals surface area contributed by atoms with Gasteiger partial charge in [-0.05, 0) is 0 Å². The fourth-order valence-electron chi connectivity index (χ4n) is 1.77. The maximum absolute atomic E-state index is 5.58. The molecule has 0 spiro atoms. The van der Waals surface area contributed by atoms with Crippen molar-refractivity contribution in [3.63, 3.8) is 0 Å². The van der Waals surface area contributed by atoms with E-state index in [4.69, 9.17) is 5.73 Å². The van der Waals surface area contributed by atoms with Gasteiger partial charge in [-0.1, -0.05) is 30.3 Å². The van der Waals surface area contributed by atoms with Crippen molar-refractivity contribution in [2.75, 3.05) is 0 Å². The lowest BCUT2D eigenvalue weighted by Crippen LogP contribution is -2.00.